The average molecular weight is 467 g/mol. The molecule has 0 amide bonds. The van der Waals surface area contributed by atoms with Crippen molar-refractivity contribution in [2.45, 2.75) is 13.1 Å². The molecule has 0 aliphatic carbocycles. The molecule has 0 unspecified atom stereocenters. The molecule has 0 saturated carbocycles. The molecule has 4 rings (SSSR count). The van der Waals surface area contributed by atoms with Crippen molar-refractivity contribution in [1.29, 1.82) is 0 Å². The van der Waals surface area contributed by atoms with E-state index in [4.69, 9.17) is 39.9 Å². The van der Waals surface area contributed by atoms with Crippen molar-refractivity contribution in [1.82, 2.24) is 45.4 Å². The second-order valence-corrected chi connectivity index (χ2v) is 7.21. The Morgan fingerprint density at radius 3 is 2.30 bits per heavy atom. The molecule has 0 atom stereocenters. The van der Waals surface area contributed by atoms with Crippen LogP contribution in [0, 0.1) is 0 Å². The van der Waals surface area contributed by atoms with Crippen LogP contribution in [0.25, 0.3) is 22.9 Å². The second-order valence-electron chi connectivity index (χ2n) is 6.02. The van der Waals surface area contributed by atoms with E-state index in [1.165, 1.54) is 0 Å². The van der Waals surface area contributed by atoms with E-state index >= 15 is 0 Å². The van der Waals surface area contributed by atoms with Crippen LogP contribution >= 0.6 is 34.8 Å². The minimum atomic E-state index is -1.08. The Kier molecular flexibility index (Phi) is 5.57. The van der Waals surface area contributed by atoms with Crippen LogP contribution in [0.1, 0.15) is 5.56 Å². The first-order valence-electron chi connectivity index (χ1n) is 8.26. The van der Waals surface area contributed by atoms with Crippen molar-refractivity contribution in [3.05, 3.63) is 51.1 Å². The van der Waals surface area contributed by atoms with Gasteiger partial charge in [-0.2, -0.15) is 4.80 Å². The standard InChI is InChI=1S/C16H10Cl3N9O2/c17-9-3-8(4-10(18)15(9)19)5-27-6-13(22-25-27)11-1-2-12(21-20-11)16-23-26-28(24-16)7-14(29)30/h1-4,6H,5,7H2,(H,29,30). The molecular formula is C16H10Cl3N9O2. The van der Waals surface area contributed by atoms with E-state index in [2.05, 4.69) is 35.9 Å². The van der Waals surface area contributed by atoms with Gasteiger partial charge >= 0.3 is 5.97 Å². The first kappa shape index (κ1) is 20.1. The van der Waals surface area contributed by atoms with Gasteiger partial charge in [-0.3, -0.25) is 4.79 Å². The monoisotopic (exact) mass is 465 g/mol. The van der Waals surface area contributed by atoms with E-state index in [1.54, 1.807) is 35.1 Å². The molecule has 30 heavy (non-hydrogen) atoms. The van der Waals surface area contributed by atoms with Gasteiger partial charge in [-0.1, -0.05) is 40.0 Å². The number of carboxylic acid groups (broad SMARTS) is 1. The van der Waals surface area contributed by atoms with Crippen LogP contribution in [0.4, 0.5) is 0 Å². The minimum Gasteiger partial charge on any atom is -0.480 e. The molecule has 0 aliphatic heterocycles. The smallest absolute Gasteiger partial charge is 0.327 e. The number of aromatic nitrogens is 9. The van der Waals surface area contributed by atoms with Crippen LogP contribution in [0.2, 0.25) is 15.1 Å². The summed E-state index contributed by atoms with van der Waals surface area (Å²) in [7, 11) is 0. The highest BCUT2D eigenvalue weighted by Crippen LogP contribution is 2.31. The van der Waals surface area contributed by atoms with Gasteiger partial charge in [-0.05, 0) is 35.0 Å². The lowest BCUT2D eigenvalue weighted by Crippen LogP contribution is -2.11. The van der Waals surface area contributed by atoms with Crippen molar-refractivity contribution < 1.29 is 9.90 Å². The Balaban J connectivity index is 1.50. The van der Waals surface area contributed by atoms with E-state index < -0.39 is 12.5 Å². The molecule has 152 valence electrons. The zero-order valence-electron chi connectivity index (χ0n) is 14.8. The third kappa shape index (κ3) is 4.37. The number of tetrazole rings is 1. The second kappa shape index (κ2) is 8.30. The van der Waals surface area contributed by atoms with Gasteiger partial charge in [0.25, 0.3) is 0 Å². The lowest BCUT2D eigenvalue weighted by atomic mass is 10.2. The number of carbonyl (C=O) groups is 1. The van der Waals surface area contributed by atoms with Crippen molar-refractivity contribution in [2.75, 3.05) is 0 Å². The third-order valence-corrected chi connectivity index (χ3v) is 5.01. The fraction of sp³-hybridized carbons (Fsp3) is 0.125. The van der Waals surface area contributed by atoms with Gasteiger partial charge in [0, 0.05) is 0 Å². The quantitative estimate of drug-likeness (QED) is 0.425. The lowest BCUT2D eigenvalue weighted by Gasteiger charge is -2.05. The summed E-state index contributed by atoms with van der Waals surface area (Å²) in [5.41, 5.74) is 2.13. The topological polar surface area (TPSA) is 137 Å². The van der Waals surface area contributed by atoms with Crippen LogP contribution in [0.3, 0.4) is 0 Å². The van der Waals surface area contributed by atoms with E-state index in [-0.39, 0.29) is 5.82 Å². The average Bonchev–Trinajstić information content (AvgIpc) is 3.35. The van der Waals surface area contributed by atoms with Crippen LogP contribution in [-0.2, 0) is 17.9 Å². The summed E-state index contributed by atoms with van der Waals surface area (Å²) in [6, 6.07) is 6.71. The van der Waals surface area contributed by atoms with Crippen molar-refractivity contribution in [2.24, 2.45) is 0 Å². The molecule has 0 fully saturated rings. The van der Waals surface area contributed by atoms with Gasteiger partial charge in [0.15, 0.2) is 6.54 Å². The van der Waals surface area contributed by atoms with Crippen LogP contribution < -0.4 is 0 Å². The SMILES string of the molecule is O=C(O)Cn1nnc(-c2ccc(-c3cn(Cc4cc(Cl)c(Cl)c(Cl)c4)nn3)nn2)n1. The molecule has 3 heterocycles. The molecule has 11 nitrogen and oxygen atoms in total. The molecule has 4 aromatic rings. The van der Waals surface area contributed by atoms with Crippen LogP contribution in [0.15, 0.2) is 30.5 Å². The summed E-state index contributed by atoms with van der Waals surface area (Å²) in [5, 5.41) is 37.4. The lowest BCUT2D eigenvalue weighted by molar-refractivity contribution is -0.138. The first-order valence-corrected chi connectivity index (χ1v) is 9.40. The van der Waals surface area contributed by atoms with Gasteiger partial charge in [0.1, 0.15) is 17.1 Å². The summed E-state index contributed by atoms with van der Waals surface area (Å²) in [4.78, 5) is 11.6. The van der Waals surface area contributed by atoms with E-state index in [0.717, 1.165) is 10.4 Å². The fourth-order valence-corrected chi connectivity index (χ4v) is 3.14. The molecule has 3 aromatic heterocycles. The Morgan fingerprint density at radius 2 is 1.63 bits per heavy atom. The summed E-state index contributed by atoms with van der Waals surface area (Å²) in [6.45, 7) is -0.0165. The molecule has 0 saturated heterocycles. The maximum Gasteiger partial charge on any atom is 0.327 e. The van der Waals surface area contributed by atoms with Gasteiger partial charge < -0.3 is 5.11 Å². The van der Waals surface area contributed by atoms with E-state index in [0.29, 0.717) is 38.7 Å². The van der Waals surface area contributed by atoms with Gasteiger partial charge in [0.05, 0.1) is 27.8 Å². The largest absolute Gasteiger partial charge is 0.480 e. The molecule has 0 spiro atoms. The van der Waals surface area contributed by atoms with Gasteiger partial charge in [-0.15, -0.1) is 25.5 Å². The summed E-state index contributed by atoms with van der Waals surface area (Å²) >= 11 is 18.1. The summed E-state index contributed by atoms with van der Waals surface area (Å²) < 4.78 is 1.60. The zero-order chi connectivity index (χ0) is 21.3. The number of hydrogen-bond donors (Lipinski definition) is 1. The number of rotatable bonds is 6. The number of hydrogen-bond acceptors (Lipinski definition) is 8. The molecule has 14 heteroatoms. The summed E-state index contributed by atoms with van der Waals surface area (Å²) in [5.74, 6) is -0.915. The third-order valence-electron chi connectivity index (χ3n) is 3.81. The number of nitrogens with zero attached hydrogens (tertiary/aromatic N) is 9. The van der Waals surface area contributed by atoms with Crippen LogP contribution in [0.5, 0.6) is 0 Å². The van der Waals surface area contributed by atoms with Gasteiger partial charge in [0.2, 0.25) is 5.82 Å². The molecule has 0 bridgehead atoms. The number of halogens is 3. The number of benzene rings is 1. The van der Waals surface area contributed by atoms with Crippen molar-refractivity contribution in [3.8, 4) is 22.9 Å². The normalized spacial score (nSPS) is 11.0. The Morgan fingerprint density at radius 1 is 0.933 bits per heavy atom. The van der Waals surface area contributed by atoms with Crippen molar-refractivity contribution >= 4 is 40.8 Å². The number of aliphatic carboxylic acids is 1. The minimum absolute atomic E-state index is 0.162. The highest BCUT2D eigenvalue weighted by Gasteiger charge is 2.13. The Hall–Kier alpha value is -3.15. The molecule has 1 aromatic carbocycles. The Labute approximate surface area is 183 Å². The highest BCUT2D eigenvalue weighted by atomic mass is 35.5. The predicted molar refractivity (Wildman–Crippen MR) is 106 cm³/mol. The Bertz CT molecular complexity index is 1200. The summed E-state index contributed by atoms with van der Waals surface area (Å²) in [6.07, 6.45) is 1.70. The maximum absolute atomic E-state index is 10.7. The zero-order valence-corrected chi connectivity index (χ0v) is 17.1. The van der Waals surface area contributed by atoms with Crippen molar-refractivity contribution in [3.63, 3.8) is 0 Å². The van der Waals surface area contributed by atoms with Gasteiger partial charge in [-0.25, -0.2) is 4.68 Å². The van der Waals surface area contributed by atoms with E-state index in [1.807, 2.05) is 0 Å². The van der Waals surface area contributed by atoms with Crippen LogP contribution in [-0.4, -0.2) is 56.5 Å². The molecule has 0 radical (unpaired) electrons. The van der Waals surface area contributed by atoms with E-state index in [9.17, 15) is 4.79 Å². The molecule has 1 N–H and O–H groups in total. The number of carboxylic acids is 1. The fourth-order valence-electron chi connectivity index (χ4n) is 2.50. The molecular weight excluding hydrogens is 457 g/mol. The first-order chi connectivity index (χ1) is 14.4. The molecule has 0 aliphatic rings. The maximum atomic E-state index is 10.7. The highest BCUT2D eigenvalue weighted by molar-refractivity contribution is 6.48. The predicted octanol–water partition coefficient (Wildman–Crippen LogP) is 2.48.